The van der Waals surface area contributed by atoms with Crippen molar-refractivity contribution in [1.82, 2.24) is 10.6 Å². The van der Waals surface area contributed by atoms with E-state index in [2.05, 4.69) is 15.6 Å². The first-order valence-electron chi connectivity index (χ1n) is 7.59. The average Bonchev–Trinajstić information content (AvgIpc) is 2.98. The summed E-state index contributed by atoms with van der Waals surface area (Å²) in [5.41, 5.74) is 0. The molecule has 0 saturated carbocycles. The average molecular weight is 347 g/mol. The van der Waals surface area contributed by atoms with Crippen LogP contribution in [0.1, 0.15) is 13.3 Å². The second-order valence-electron chi connectivity index (χ2n) is 4.92. The first-order valence-corrected chi connectivity index (χ1v) is 7.59. The maximum atomic E-state index is 12.1. The van der Waals surface area contributed by atoms with E-state index in [1.807, 2.05) is 6.92 Å². The molecule has 9 heteroatoms. The van der Waals surface area contributed by atoms with Crippen molar-refractivity contribution in [1.29, 1.82) is 0 Å². The van der Waals surface area contributed by atoms with E-state index in [9.17, 15) is 13.2 Å². The smallest absolute Gasteiger partial charge is 0.390 e. The number of nitrogens with one attached hydrogen (secondary N) is 2. The molecule has 0 spiro atoms. The molecule has 2 rings (SSSR count). The van der Waals surface area contributed by atoms with Gasteiger partial charge in [-0.3, -0.25) is 4.99 Å². The number of rotatable bonds is 7. The van der Waals surface area contributed by atoms with Crippen molar-refractivity contribution in [2.24, 2.45) is 4.99 Å². The van der Waals surface area contributed by atoms with E-state index in [-0.39, 0.29) is 13.3 Å². The number of benzene rings is 1. The van der Waals surface area contributed by atoms with Crippen molar-refractivity contribution in [2.45, 2.75) is 19.5 Å². The fourth-order valence-corrected chi connectivity index (χ4v) is 1.94. The molecule has 134 valence electrons. The lowest BCUT2D eigenvalue weighted by Gasteiger charge is -2.12. The summed E-state index contributed by atoms with van der Waals surface area (Å²) in [5.74, 6) is 2.25. The maximum Gasteiger partial charge on any atom is 0.390 e. The summed E-state index contributed by atoms with van der Waals surface area (Å²) in [6.07, 6.45) is -5.15. The van der Waals surface area contributed by atoms with Gasteiger partial charge in [0.1, 0.15) is 12.4 Å². The van der Waals surface area contributed by atoms with E-state index in [0.29, 0.717) is 42.9 Å². The van der Waals surface area contributed by atoms with Crippen LogP contribution in [-0.2, 0) is 0 Å². The molecule has 0 bridgehead atoms. The zero-order valence-electron chi connectivity index (χ0n) is 13.3. The van der Waals surface area contributed by atoms with Gasteiger partial charge in [-0.1, -0.05) is 0 Å². The molecular weight excluding hydrogens is 327 g/mol. The molecule has 0 aliphatic carbocycles. The van der Waals surface area contributed by atoms with Gasteiger partial charge in [0.15, 0.2) is 17.5 Å². The van der Waals surface area contributed by atoms with Gasteiger partial charge in [0, 0.05) is 12.6 Å². The normalized spacial score (nSPS) is 13.8. The van der Waals surface area contributed by atoms with Crippen LogP contribution in [0.3, 0.4) is 0 Å². The largest absolute Gasteiger partial charge is 0.492 e. The number of halogens is 3. The Labute approximate surface area is 138 Å². The van der Waals surface area contributed by atoms with Crippen LogP contribution in [0.2, 0.25) is 0 Å². The zero-order valence-corrected chi connectivity index (χ0v) is 13.3. The van der Waals surface area contributed by atoms with Crippen LogP contribution in [0.5, 0.6) is 17.2 Å². The summed E-state index contributed by atoms with van der Waals surface area (Å²) in [4.78, 5) is 3.87. The predicted octanol–water partition coefficient (Wildman–Crippen LogP) is 2.30. The van der Waals surface area contributed by atoms with Crippen molar-refractivity contribution in [3.05, 3.63) is 18.2 Å². The molecular formula is C15H20F3N3O3. The van der Waals surface area contributed by atoms with Gasteiger partial charge in [0.2, 0.25) is 6.79 Å². The first-order chi connectivity index (χ1) is 11.5. The summed E-state index contributed by atoms with van der Waals surface area (Å²) in [6.45, 7) is 2.99. The third-order valence-electron chi connectivity index (χ3n) is 3.02. The summed E-state index contributed by atoms with van der Waals surface area (Å²) < 4.78 is 52.4. The molecule has 0 saturated heterocycles. The minimum atomic E-state index is -4.21. The molecule has 0 aromatic heterocycles. The van der Waals surface area contributed by atoms with Crippen molar-refractivity contribution in [3.8, 4) is 17.2 Å². The molecule has 0 amide bonds. The molecule has 1 aromatic rings. The first kappa shape index (κ1) is 18.0. The van der Waals surface area contributed by atoms with E-state index in [1.165, 1.54) is 0 Å². The van der Waals surface area contributed by atoms with Crippen LogP contribution in [-0.4, -0.2) is 45.2 Å². The number of nitrogens with zero attached hydrogens (tertiary/aromatic N) is 1. The number of alkyl halides is 3. The SMILES string of the molecule is CCNC(=NCCC(F)(F)F)NCCOc1ccc2c(c1)OCO2. The molecule has 6 nitrogen and oxygen atoms in total. The van der Waals surface area contributed by atoms with Gasteiger partial charge in [-0.05, 0) is 19.1 Å². The minimum Gasteiger partial charge on any atom is -0.492 e. The summed E-state index contributed by atoms with van der Waals surface area (Å²) in [7, 11) is 0. The van der Waals surface area contributed by atoms with Gasteiger partial charge in [-0.25, -0.2) is 0 Å². The number of fused-ring (bicyclic) bond motifs is 1. The molecule has 1 aromatic carbocycles. The van der Waals surface area contributed by atoms with E-state index in [0.717, 1.165) is 0 Å². The Morgan fingerprint density at radius 1 is 1.25 bits per heavy atom. The van der Waals surface area contributed by atoms with Crippen LogP contribution in [0.4, 0.5) is 13.2 Å². The minimum absolute atomic E-state index is 0.195. The third-order valence-corrected chi connectivity index (χ3v) is 3.02. The topological polar surface area (TPSA) is 64.1 Å². The monoisotopic (exact) mass is 347 g/mol. The van der Waals surface area contributed by atoms with E-state index in [1.54, 1.807) is 18.2 Å². The molecule has 2 N–H and O–H groups in total. The standard InChI is InChI=1S/C15H20F3N3O3/c1-2-19-14(20-6-5-15(16,17)18)21-7-8-22-11-3-4-12-13(9-11)24-10-23-12/h3-4,9H,2,5-8,10H2,1H3,(H2,19,20,21). The lowest BCUT2D eigenvalue weighted by molar-refractivity contribution is -0.132. The van der Waals surface area contributed by atoms with E-state index < -0.39 is 12.6 Å². The molecule has 0 atom stereocenters. The Balaban J connectivity index is 1.73. The van der Waals surface area contributed by atoms with Crippen LogP contribution in [0.25, 0.3) is 0 Å². The fraction of sp³-hybridized carbons (Fsp3) is 0.533. The number of aliphatic imine (C=N–C) groups is 1. The Morgan fingerprint density at radius 3 is 2.79 bits per heavy atom. The van der Waals surface area contributed by atoms with E-state index >= 15 is 0 Å². The quantitative estimate of drug-likeness (QED) is 0.450. The molecule has 0 radical (unpaired) electrons. The lowest BCUT2D eigenvalue weighted by atomic mass is 10.3. The fourth-order valence-electron chi connectivity index (χ4n) is 1.94. The van der Waals surface area contributed by atoms with Gasteiger partial charge in [0.25, 0.3) is 0 Å². The van der Waals surface area contributed by atoms with Gasteiger partial charge in [-0.15, -0.1) is 0 Å². The van der Waals surface area contributed by atoms with Gasteiger partial charge in [-0.2, -0.15) is 13.2 Å². The number of guanidine groups is 1. The highest BCUT2D eigenvalue weighted by Gasteiger charge is 2.26. The van der Waals surface area contributed by atoms with Crippen molar-refractivity contribution in [2.75, 3.05) is 33.0 Å². The third kappa shape index (κ3) is 6.05. The van der Waals surface area contributed by atoms with Crippen LogP contribution < -0.4 is 24.8 Å². The molecule has 0 fully saturated rings. The molecule has 1 aliphatic heterocycles. The van der Waals surface area contributed by atoms with Gasteiger partial charge in [0.05, 0.1) is 19.5 Å². The van der Waals surface area contributed by atoms with Crippen molar-refractivity contribution < 1.29 is 27.4 Å². The highest BCUT2D eigenvalue weighted by atomic mass is 19.4. The molecule has 0 unspecified atom stereocenters. The zero-order chi connectivity index (χ0) is 17.4. The summed E-state index contributed by atoms with van der Waals surface area (Å²) >= 11 is 0. The van der Waals surface area contributed by atoms with Gasteiger partial charge < -0.3 is 24.8 Å². The van der Waals surface area contributed by atoms with E-state index in [4.69, 9.17) is 14.2 Å². The Hall–Kier alpha value is -2.32. The second kappa shape index (κ2) is 8.51. The molecule has 1 aliphatic rings. The maximum absolute atomic E-state index is 12.1. The number of ether oxygens (including phenoxy) is 3. The second-order valence-corrected chi connectivity index (χ2v) is 4.92. The Morgan fingerprint density at radius 2 is 2.04 bits per heavy atom. The molecule has 1 heterocycles. The summed E-state index contributed by atoms with van der Waals surface area (Å²) in [6, 6.07) is 5.24. The van der Waals surface area contributed by atoms with Crippen LogP contribution in [0, 0.1) is 0 Å². The van der Waals surface area contributed by atoms with Gasteiger partial charge >= 0.3 is 6.18 Å². The van der Waals surface area contributed by atoms with Crippen LogP contribution in [0.15, 0.2) is 23.2 Å². The van der Waals surface area contributed by atoms with Crippen LogP contribution >= 0.6 is 0 Å². The number of hydrogen-bond acceptors (Lipinski definition) is 4. The predicted molar refractivity (Wildman–Crippen MR) is 82.7 cm³/mol. The number of hydrogen-bond donors (Lipinski definition) is 2. The van der Waals surface area contributed by atoms with Crippen molar-refractivity contribution >= 4 is 5.96 Å². The lowest BCUT2D eigenvalue weighted by Crippen LogP contribution is -2.39. The van der Waals surface area contributed by atoms with Crippen molar-refractivity contribution in [3.63, 3.8) is 0 Å². The molecule has 24 heavy (non-hydrogen) atoms. The summed E-state index contributed by atoms with van der Waals surface area (Å²) in [5, 5.41) is 5.80. The highest BCUT2D eigenvalue weighted by Crippen LogP contribution is 2.34. The Kier molecular flexibility index (Phi) is 6.39. The Bertz CT molecular complexity index is 565. The highest BCUT2D eigenvalue weighted by molar-refractivity contribution is 5.79.